The Bertz CT molecular complexity index is 882. The molecule has 20 heavy (non-hydrogen) atoms. The summed E-state index contributed by atoms with van der Waals surface area (Å²) in [5.74, 6) is 0.0665. The molecule has 0 aliphatic heterocycles. The van der Waals surface area contributed by atoms with Gasteiger partial charge in [0.05, 0.1) is 0 Å². The topological polar surface area (TPSA) is 43.4 Å². The molecule has 0 N–H and O–H groups in total. The minimum atomic E-state index is -0.378. The molecule has 0 aromatic heterocycles. The van der Waals surface area contributed by atoms with E-state index in [1.165, 1.54) is 6.92 Å². The van der Waals surface area contributed by atoms with E-state index in [1.54, 1.807) is 18.2 Å². The van der Waals surface area contributed by atoms with Crippen molar-refractivity contribution in [3.05, 3.63) is 64.8 Å². The molecule has 0 bridgehead atoms. The lowest BCUT2D eigenvalue weighted by Gasteiger charge is -2.01. The summed E-state index contributed by atoms with van der Waals surface area (Å²) < 4.78 is 5.05. The Kier molecular flexibility index (Phi) is 2.95. The molecule has 3 aromatic carbocycles. The van der Waals surface area contributed by atoms with Crippen LogP contribution in [0, 0.1) is 0 Å². The summed E-state index contributed by atoms with van der Waals surface area (Å²) in [5, 5.41) is 2.94. The standard InChI is InChI=1S/C17H12O3/c1-11(18)20-14-8-9-16-13(10-14)7-6-12-4-2-3-5-15(12)17(16)19/h2-10H,1H3. The molecule has 3 aromatic rings. The minimum absolute atomic E-state index is 0.0185. The van der Waals surface area contributed by atoms with Gasteiger partial charge in [-0.1, -0.05) is 36.4 Å². The maximum absolute atomic E-state index is 12.5. The van der Waals surface area contributed by atoms with Crippen LogP contribution in [0.4, 0.5) is 0 Å². The van der Waals surface area contributed by atoms with Crippen LogP contribution >= 0.6 is 0 Å². The van der Waals surface area contributed by atoms with Gasteiger partial charge in [-0.15, -0.1) is 0 Å². The van der Waals surface area contributed by atoms with Crippen LogP contribution in [0.2, 0.25) is 0 Å². The van der Waals surface area contributed by atoms with Crippen molar-refractivity contribution in [2.24, 2.45) is 0 Å². The molecule has 0 atom stereocenters. The fourth-order valence-electron chi connectivity index (χ4n) is 2.29. The van der Waals surface area contributed by atoms with E-state index in [0.717, 1.165) is 10.8 Å². The first kappa shape index (κ1) is 12.4. The molecular formula is C17H12O3. The number of esters is 1. The average molecular weight is 264 g/mol. The van der Waals surface area contributed by atoms with Gasteiger partial charge in [0.25, 0.3) is 0 Å². The fourth-order valence-corrected chi connectivity index (χ4v) is 2.29. The Hall–Kier alpha value is -2.68. The van der Waals surface area contributed by atoms with Crippen molar-refractivity contribution in [1.29, 1.82) is 0 Å². The molecule has 0 spiro atoms. The zero-order valence-corrected chi connectivity index (χ0v) is 10.9. The number of benzene rings is 2. The third-order valence-corrected chi connectivity index (χ3v) is 3.18. The second-order valence-electron chi connectivity index (χ2n) is 4.59. The Balaban J connectivity index is 2.36. The molecule has 0 saturated heterocycles. The molecule has 0 fully saturated rings. The smallest absolute Gasteiger partial charge is 0.308 e. The van der Waals surface area contributed by atoms with Gasteiger partial charge in [0.2, 0.25) is 0 Å². The third kappa shape index (κ3) is 2.14. The first-order valence-corrected chi connectivity index (χ1v) is 6.29. The molecule has 98 valence electrons. The van der Waals surface area contributed by atoms with Gasteiger partial charge in [-0.05, 0) is 29.0 Å². The SMILES string of the molecule is CC(=O)Oc1ccc2c(=O)c3ccccc3ccc2c1. The second kappa shape index (κ2) is 4.78. The Morgan fingerprint density at radius 1 is 0.900 bits per heavy atom. The Morgan fingerprint density at radius 2 is 1.60 bits per heavy atom. The van der Waals surface area contributed by atoms with E-state index in [0.29, 0.717) is 16.5 Å². The van der Waals surface area contributed by atoms with Crippen LogP contribution in [-0.2, 0) is 4.79 Å². The lowest BCUT2D eigenvalue weighted by molar-refractivity contribution is -0.131. The molecule has 0 aliphatic carbocycles. The highest BCUT2D eigenvalue weighted by molar-refractivity contribution is 5.93. The van der Waals surface area contributed by atoms with Gasteiger partial charge in [0.15, 0.2) is 5.43 Å². The highest BCUT2D eigenvalue weighted by Gasteiger charge is 2.04. The minimum Gasteiger partial charge on any atom is -0.427 e. The molecule has 3 heteroatoms. The van der Waals surface area contributed by atoms with E-state index in [9.17, 15) is 9.59 Å². The van der Waals surface area contributed by atoms with Crippen molar-refractivity contribution < 1.29 is 9.53 Å². The predicted octanol–water partition coefficient (Wildman–Crippen LogP) is 3.28. The summed E-state index contributed by atoms with van der Waals surface area (Å²) in [7, 11) is 0. The van der Waals surface area contributed by atoms with Crippen LogP contribution in [0.3, 0.4) is 0 Å². The predicted molar refractivity (Wildman–Crippen MR) is 79.0 cm³/mol. The number of fused-ring (bicyclic) bond motifs is 2. The van der Waals surface area contributed by atoms with Crippen LogP contribution in [0.25, 0.3) is 21.5 Å². The normalized spacial score (nSPS) is 10.7. The molecule has 0 unspecified atom stereocenters. The van der Waals surface area contributed by atoms with Crippen molar-refractivity contribution >= 4 is 27.5 Å². The summed E-state index contributed by atoms with van der Waals surface area (Å²) in [5.41, 5.74) is -0.0185. The van der Waals surface area contributed by atoms with Gasteiger partial charge in [-0.2, -0.15) is 0 Å². The van der Waals surface area contributed by atoms with E-state index < -0.39 is 0 Å². The van der Waals surface area contributed by atoms with Gasteiger partial charge in [-0.3, -0.25) is 9.59 Å². The average Bonchev–Trinajstić information content (AvgIpc) is 2.57. The quantitative estimate of drug-likeness (QED) is 0.500. The Labute approximate surface area is 115 Å². The number of hydrogen-bond acceptors (Lipinski definition) is 3. The molecule has 3 nitrogen and oxygen atoms in total. The van der Waals surface area contributed by atoms with Crippen molar-refractivity contribution in [1.82, 2.24) is 0 Å². The highest BCUT2D eigenvalue weighted by Crippen LogP contribution is 2.20. The van der Waals surface area contributed by atoms with Crippen molar-refractivity contribution in [2.45, 2.75) is 6.92 Å². The van der Waals surface area contributed by atoms with Gasteiger partial charge in [0, 0.05) is 17.7 Å². The first-order chi connectivity index (χ1) is 9.65. The molecular weight excluding hydrogens is 252 g/mol. The monoisotopic (exact) mass is 264 g/mol. The van der Waals surface area contributed by atoms with E-state index in [2.05, 4.69) is 0 Å². The van der Waals surface area contributed by atoms with E-state index in [1.807, 2.05) is 36.4 Å². The number of carbonyl (C=O) groups is 1. The van der Waals surface area contributed by atoms with E-state index in [-0.39, 0.29) is 11.4 Å². The molecule has 0 amide bonds. The van der Waals surface area contributed by atoms with E-state index in [4.69, 9.17) is 4.74 Å². The number of carbonyl (C=O) groups excluding carboxylic acids is 1. The van der Waals surface area contributed by atoms with Crippen molar-refractivity contribution in [3.63, 3.8) is 0 Å². The van der Waals surface area contributed by atoms with Crippen LogP contribution in [0.1, 0.15) is 6.92 Å². The summed E-state index contributed by atoms with van der Waals surface area (Å²) in [6.07, 6.45) is 0. The highest BCUT2D eigenvalue weighted by atomic mass is 16.5. The van der Waals surface area contributed by atoms with Crippen LogP contribution < -0.4 is 10.2 Å². The van der Waals surface area contributed by atoms with Gasteiger partial charge >= 0.3 is 5.97 Å². The van der Waals surface area contributed by atoms with Gasteiger partial charge in [0.1, 0.15) is 5.75 Å². The number of ether oxygens (including phenoxy) is 1. The largest absolute Gasteiger partial charge is 0.427 e. The molecule has 0 saturated carbocycles. The zero-order chi connectivity index (χ0) is 14.1. The first-order valence-electron chi connectivity index (χ1n) is 6.29. The Morgan fingerprint density at radius 3 is 2.40 bits per heavy atom. The lowest BCUT2D eigenvalue weighted by atomic mass is 10.1. The van der Waals surface area contributed by atoms with Crippen molar-refractivity contribution in [3.8, 4) is 5.75 Å². The third-order valence-electron chi connectivity index (χ3n) is 3.18. The van der Waals surface area contributed by atoms with Crippen LogP contribution in [0.15, 0.2) is 59.4 Å². The fraction of sp³-hybridized carbons (Fsp3) is 0.0588. The van der Waals surface area contributed by atoms with Gasteiger partial charge < -0.3 is 4.74 Å². The second-order valence-corrected chi connectivity index (χ2v) is 4.59. The maximum atomic E-state index is 12.5. The molecule has 3 rings (SSSR count). The molecule has 0 aliphatic rings. The van der Waals surface area contributed by atoms with Crippen LogP contribution in [-0.4, -0.2) is 5.97 Å². The lowest BCUT2D eigenvalue weighted by Crippen LogP contribution is -2.02. The summed E-state index contributed by atoms with van der Waals surface area (Å²) in [6, 6.07) is 16.3. The summed E-state index contributed by atoms with van der Waals surface area (Å²) in [6.45, 7) is 1.35. The van der Waals surface area contributed by atoms with Crippen LogP contribution in [0.5, 0.6) is 5.75 Å². The van der Waals surface area contributed by atoms with E-state index >= 15 is 0 Å². The molecule has 0 heterocycles. The van der Waals surface area contributed by atoms with Crippen molar-refractivity contribution in [2.75, 3.05) is 0 Å². The summed E-state index contributed by atoms with van der Waals surface area (Å²) in [4.78, 5) is 23.5. The molecule has 0 radical (unpaired) electrons. The summed E-state index contributed by atoms with van der Waals surface area (Å²) >= 11 is 0. The number of hydrogen-bond donors (Lipinski definition) is 0. The maximum Gasteiger partial charge on any atom is 0.308 e. The van der Waals surface area contributed by atoms with Gasteiger partial charge in [-0.25, -0.2) is 0 Å². The zero-order valence-electron chi connectivity index (χ0n) is 10.9. The number of rotatable bonds is 1.